The number of rotatable bonds is 4. The van der Waals surface area contributed by atoms with Gasteiger partial charge in [0, 0.05) is 16.4 Å². The number of carbonyl (C=O) groups is 1. The third-order valence-corrected chi connectivity index (χ3v) is 3.44. The number of pyridine rings is 1. The molecule has 1 atom stereocenters. The molecule has 0 saturated heterocycles. The number of aromatic nitrogens is 1. The Morgan fingerprint density at radius 3 is 2.79 bits per heavy atom. The topological polar surface area (TPSA) is 50.2 Å². The van der Waals surface area contributed by atoms with E-state index in [-0.39, 0.29) is 0 Å². The molecule has 0 aliphatic heterocycles. The summed E-state index contributed by atoms with van der Waals surface area (Å²) in [5, 5.41) is 9.42. The predicted octanol–water partition coefficient (Wildman–Crippen LogP) is 3.56. The largest absolute Gasteiger partial charge is 0.481 e. The minimum absolute atomic E-state index is 0.470. The maximum Gasteiger partial charge on any atom is 0.311 e. The average molecular weight is 320 g/mol. The van der Waals surface area contributed by atoms with Crippen LogP contribution in [0.5, 0.6) is 0 Å². The second-order valence-electron chi connectivity index (χ2n) is 4.46. The molecule has 0 aliphatic carbocycles. The summed E-state index contributed by atoms with van der Waals surface area (Å²) in [7, 11) is 0. The van der Waals surface area contributed by atoms with Crippen molar-refractivity contribution in [2.45, 2.75) is 19.3 Å². The normalized spacial score (nSPS) is 12.1. The Bertz CT molecular complexity index is 598. The lowest BCUT2D eigenvalue weighted by molar-refractivity contribution is -0.138. The molecule has 4 heteroatoms. The van der Waals surface area contributed by atoms with Gasteiger partial charge in [0.15, 0.2) is 0 Å². The summed E-state index contributed by atoms with van der Waals surface area (Å²) in [6.45, 7) is 1.86. The molecule has 0 radical (unpaired) electrons. The number of hydrogen-bond donors (Lipinski definition) is 1. The Hall–Kier alpha value is -1.68. The Kier molecular flexibility index (Phi) is 4.32. The van der Waals surface area contributed by atoms with Crippen LogP contribution in [0.3, 0.4) is 0 Å². The highest BCUT2D eigenvalue weighted by Crippen LogP contribution is 2.23. The van der Waals surface area contributed by atoms with Gasteiger partial charge in [0.1, 0.15) is 0 Å². The van der Waals surface area contributed by atoms with E-state index in [0.717, 1.165) is 21.3 Å². The molecule has 1 unspecified atom stereocenters. The van der Waals surface area contributed by atoms with Crippen molar-refractivity contribution in [1.82, 2.24) is 4.98 Å². The maximum atomic E-state index is 11.5. The first-order chi connectivity index (χ1) is 9.06. The van der Waals surface area contributed by atoms with Crippen molar-refractivity contribution in [2.75, 3.05) is 0 Å². The van der Waals surface area contributed by atoms with E-state index < -0.39 is 11.9 Å². The zero-order valence-electron chi connectivity index (χ0n) is 10.5. The van der Waals surface area contributed by atoms with Crippen molar-refractivity contribution in [3.8, 4) is 0 Å². The van der Waals surface area contributed by atoms with Gasteiger partial charge in [-0.25, -0.2) is 0 Å². The number of hydrogen-bond acceptors (Lipinski definition) is 2. The van der Waals surface area contributed by atoms with Crippen LogP contribution < -0.4 is 0 Å². The van der Waals surface area contributed by atoms with Crippen LogP contribution in [0.1, 0.15) is 22.7 Å². The van der Waals surface area contributed by atoms with E-state index in [2.05, 4.69) is 20.9 Å². The molecule has 0 amide bonds. The monoisotopic (exact) mass is 319 g/mol. The molecule has 2 aromatic rings. The van der Waals surface area contributed by atoms with Crippen LogP contribution in [0, 0.1) is 6.92 Å². The second-order valence-corrected chi connectivity index (χ2v) is 5.37. The van der Waals surface area contributed by atoms with Gasteiger partial charge in [-0.3, -0.25) is 9.78 Å². The predicted molar refractivity (Wildman–Crippen MR) is 77.2 cm³/mol. The molecule has 98 valence electrons. The third-order valence-electron chi connectivity index (χ3n) is 2.95. The Balaban J connectivity index is 2.29. The highest BCUT2D eigenvalue weighted by Gasteiger charge is 2.20. The quantitative estimate of drug-likeness (QED) is 0.937. The zero-order chi connectivity index (χ0) is 13.8. The molecule has 0 saturated carbocycles. The van der Waals surface area contributed by atoms with Crippen LogP contribution in [-0.2, 0) is 11.2 Å². The third kappa shape index (κ3) is 3.64. The van der Waals surface area contributed by atoms with Gasteiger partial charge < -0.3 is 5.11 Å². The average Bonchev–Trinajstić information content (AvgIpc) is 2.35. The maximum absolute atomic E-state index is 11.5. The van der Waals surface area contributed by atoms with E-state index in [1.807, 2.05) is 37.3 Å². The van der Waals surface area contributed by atoms with E-state index in [9.17, 15) is 9.90 Å². The smallest absolute Gasteiger partial charge is 0.311 e. The van der Waals surface area contributed by atoms with Crippen LogP contribution in [0.2, 0.25) is 0 Å². The number of carboxylic acid groups (broad SMARTS) is 1. The summed E-state index contributed by atoms with van der Waals surface area (Å²) in [5.74, 6) is -1.36. The molecule has 0 bridgehead atoms. The number of aliphatic carboxylic acids is 1. The fourth-order valence-corrected chi connectivity index (χ4v) is 2.48. The first-order valence-electron chi connectivity index (χ1n) is 5.96. The van der Waals surface area contributed by atoms with E-state index >= 15 is 0 Å². The fourth-order valence-electron chi connectivity index (χ4n) is 2.03. The van der Waals surface area contributed by atoms with Crippen LogP contribution in [0.4, 0.5) is 0 Å². The molecular weight excluding hydrogens is 306 g/mol. The van der Waals surface area contributed by atoms with Crippen molar-refractivity contribution in [3.05, 3.63) is 63.9 Å². The minimum Gasteiger partial charge on any atom is -0.481 e. The van der Waals surface area contributed by atoms with E-state index in [1.54, 1.807) is 12.3 Å². The van der Waals surface area contributed by atoms with Gasteiger partial charge >= 0.3 is 5.97 Å². The zero-order valence-corrected chi connectivity index (χ0v) is 12.1. The van der Waals surface area contributed by atoms with Crippen molar-refractivity contribution < 1.29 is 9.90 Å². The summed E-state index contributed by atoms with van der Waals surface area (Å²) < 4.78 is 0.958. The second kappa shape index (κ2) is 5.97. The van der Waals surface area contributed by atoms with Gasteiger partial charge in [0.05, 0.1) is 5.92 Å². The summed E-state index contributed by atoms with van der Waals surface area (Å²) >= 11 is 3.40. The first-order valence-corrected chi connectivity index (χ1v) is 6.75. The number of benzene rings is 1. The van der Waals surface area contributed by atoms with Crippen molar-refractivity contribution in [1.29, 1.82) is 0 Å². The summed E-state index contributed by atoms with van der Waals surface area (Å²) in [5.41, 5.74) is 2.62. The van der Waals surface area contributed by atoms with Gasteiger partial charge in [0.25, 0.3) is 0 Å². The van der Waals surface area contributed by atoms with Gasteiger partial charge in [-0.1, -0.05) is 28.1 Å². The summed E-state index contributed by atoms with van der Waals surface area (Å²) in [4.78, 5) is 15.6. The highest BCUT2D eigenvalue weighted by atomic mass is 79.9. The van der Waals surface area contributed by atoms with Crippen LogP contribution in [-0.4, -0.2) is 16.1 Å². The molecular formula is C15H14BrNO2. The van der Waals surface area contributed by atoms with Crippen molar-refractivity contribution >= 4 is 21.9 Å². The minimum atomic E-state index is -0.814. The Labute approximate surface area is 120 Å². The lowest BCUT2D eigenvalue weighted by Crippen LogP contribution is -2.14. The van der Waals surface area contributed by atoms with Crippen molar-refractivity contribution in [3.63, 3.8) is 0 Å². The SMILES string of the molecule is Cc1cc(C(Cc2cccc(Br)c2)C(=O)O)ccn1. The van der Waals surface area contributed by atoms with Gasteiger partial charge in [0.2, 0.25) is 0 Å². The number of aryl methyl sites for hydroxylation is 1. The van der Waals surface area contributed by atoms with Crippen molar-refractivity contribution in [2.24, 2.45) is 0 Å². The van der Waals surface area contributed by atoms with Gasteiger partial charge in [-0.2, -0.15) is 0 Å². The van der Waals surface area contributed by atoms with Crippen LogP contribution in [0.25, 0.3) is 0 Å². The molecule has 1 N–H and O–H groups in total. The molecule has 0 spiro atoms. The van der Waals surface area contributed by atoms with Crippen LogP contribution in [0.15, 0.2) is 47.1 Å². The van der Waals surface area contributed by atoms with Gasteiger partial charge in [-0.15, -0.1) is 0 Å². The lowest BCUT2D eigenvalue weighted by atomic mass is 9.92. The van der Waals surface area contributed by atoms with E-state index in [0.29, 0.717) is 6.42 Å². The summed E-state index contributed by atoms with van der Waals surface area (Å²) in [6.07, 6.45) is 2.12. The molecule has 0 fully saturated rings. The molecule has 1 aromatic heterocycles. The highest BCUT2D eigenvalue weighted by molar-refractivity contribution is 9.10. The number of halogens is 1. The molecule has 0 aliphatic rings. The standard InChI is InChI=1S/C15H14BrNO2/c1-10-7-12(5-6-17-10)14(15(18)19)9-11-3-2-4-13(16)8-11/h2-8,14H,9H2,1H3,(H,18,19). The first kappa shape index (κ1) is 13.7. The molecule has 1 aromatic carbocycles. The number of carboxylic acids is 1. The Morgan fingerprint density at radius 1 is 1.37 bits per heavy atom. The van der Waals surface area contributed by atoms with Crippen LogP contribution >= 0.6 is 15.9 Å². The van der Waals surface area contributed by atoms with E-state index in [1.165, 1.54) is 0 Å². The molecule has 2 rings (SSSR count). The Morgan fingerprint density at radius 2 is 2.16 bits per heavy atom. The number of nitrogens with zero attached hydrogens (tertiary/aromatic N) is 1. The summed E-state index contributed by atoms with van der Waals surface area (Å²) in [6, 6.07) is 11.3. The lowest BCUT2D eigenvalue weighted by Gasteiger charge is -2.13. The van der Waals surface area contributed by atoms with Gasteiger partial charge in [-0.05, 0) is 48.7 Å². The van der Waals surface area contributed by atoms with E-state index in [4.69, 9.17) is 0 Å². The molecule has 1 heterocycles. The fraction of sp³-hybridized carbons (Fsp3) is 0.200. The molecule has 19 heavy (non-hydrogen) atoms. The molecule has 3 nitrogen and oxygen atoms in total.